The van der Waals surface area contributed by atoms with E-state index in [1.165, 1.54) is 38.8 Å². The summed E-state index contributed by atoms with van der Waals surface area (Å²) in [4.78, 5) is 0. The summed E-state index contributed by atoms with van der Waals surface area (Å²) in [6.45, 7) is 7.14. The zero-order valence-electron chi connectivity index (χ0n) is 9.55. The number of hydrogen-bond donors (Lipinski definition) is 2. The molecule has 1 saturated heterocycles. The molecule has 2 aliphatic rings. The number of nitrogens with one attached hydrogen (secondary N) is 2. The molecule has 82 valence electrons. The summed E-state index contributed by atoms with van der Waals surface area (Å²) in [5.41, 5.74) is 0. The number of hydrogen-bond acceptors (Lipinski definition) is 2. The zero-order valence-corrected chi connectivity index (χ0v) is 9.55. The Balaban J connectivity index is 1.67. The minimum atomic E-state index is 0.723. The fourth-order valence-corrected chi connectivity index (χ4v) is 2.90. The van der Waals surface area contributed by atoms with E-state index in [1.54, 1.807) is 0 Å². The summed E-state index contributed by atoms with van der Waals surface area (Å²) in [6, 6.07) is 1.54. The van der Waals surface area contributed by atoms with Gasteiger partial charge in [-0.15, -0.1) is 0 Å². The van der Waals surface area contributed by atoms with Crippen LogP contribution >= 0.6 is 0 Å². The molecule has 14 heavy (non-hydrogen) atoms. The van der Waals surface area contributed by atoms with Gasteiger partial charge in [0.15, 0.2) is 0 Å². The summed E-state index contributed by atoms with van der Waals surface area (Å²) < 4.78 is 0. The Hall–Kier alpha value is -0.0800. The van der Waals surface area contributed by atoms with E-state index in [9.17, 15) is 0 Å². The van der Waals surface area contributed by atoms with Gasteiger partial charge in [-0.1, -0.05) is 6.92 Å². The Morgan fingerprint density at radius 2 is 2.07 bits per heavy atom. The topological polar surface area (TPSA) is 24.1 Å². The minimum absolute atomic E-state index is 0.723. The molecule has 0 radical (unpaired) electrons. The van der Waals surface area contributed by atoms with Crippen LogP contribution in [0.2, 0.25) is 0 Å². The highest BCUT2D eigenvalue weighted by molar-refractivity contribution is 4.84. The summed E-state index contributed by atoms with van der Waals surface area (Å²) >= 11 is 0. The molecular formula is C12H24N2. The van der Waals surface area contributed by atoms with Gasteiger partial charge in [-0.05, 0) is 57.5 Å². The molecule has 0 aromatic carbocycles. The second-order valence-electron chi connectivity index (χ2n) is 5.31. The maximum absolute atomic E-state index is 3.74. The Labute approximate surface area is 87.8 Å². The third-order valence-electron chi connectivity index (χ3n) is 4.05. The smallest absolute Gasteiger partial charge is 0.00795 e. The molecular weight excluding hydrogens is 172 g/mol. The molecule has 2 N–H and O–H groups in total. The second-order valence-corrected chi connectivity index (χ2v) is 5.31. The van der Waals surface area contributed by atoms with Crippen molar-refractivity contribution in [2.45, 2.75) is 51.6 Å². The van der Waals surface area contributed by atoms with Crippen molar-refractivity contribution in [3.05, 3.63) is 0 Å². The quantitative estimate of drug-likeness (QED) is 0.719. The average molecular weight is 196 g/mol. The van der Waals surface area contributed by atoms with Crippen LogP contribution in [0.15, 0.2) is 0 Å². The molecule has 1 heterocycles. The Kier molecular flexibility index (Phi) is 3.45. The molecule has 0 amide bonds. The molecule has 0 aromatic rings. The van der Waals surface area contributed by atoms with Gasteiger partial charge in [0.05, 0.1) is 0 Å². The molecule has 4 atom stereocenters. The third-order valence-corrected chi connectivity index (χ3v) is 4.05. The van der Waals surface area contributed by atoms with Crippen LogP contribution in [0.1, 0.15) is 39.5 Å². The van der Waals surface area contributed by atoms with Crippen LogP contribution < -0.4 is 10.6 Å². The van der Waals surface area contributed by atoms with Gasteiger partial charge in [0.2, 0.25) is 0 Å². The largest absolute Gasteiger partial charge is 0.314 e. The Bertz CT molecular complexity index is 181. The average Bonchev–Trinajstić information content (AvgIpc) is 2.72. The van der Waals surface area contributed by atoms with Gasteiger partial charge in [0.1, 0.15) is 0 Å². The molecule has 1 aliphatic heterocycles. The van der Waals surface area contributed by atoms with Gasteiger partial charge in [-0.25, -0.2) is 0 Å². The summed E-state index contributed by atoms with van der Waals surface area (Å²) in [7, 11) is 0. The first-order chi connectivity index (χ1) is 6.75. The van der Waals surface area contributed by atoms with Crippen molar-refractivity contribution in [2.75, 3.05) is 13.1 Å². The monoisotopic (exact) mass is 196 g/mol. The predicted octanol–water partition coefficient (Wildman–Crippen LogP) is 1.76. The first kappa shape index (κ1) is 10.4. The van der Waals surface area contributed by atoms with Crippen molar-refractivity contribution >= 4 is 0 Å². The SMILES string of the molecule is CC1CCC(NCC2CCNC2C)C1. The Morgan fingerprint density at radius 1 is 1.21 bits per heavy atom. The van der Waals surface area contributed by atoms with Gasteiger partial charge in [0, 0.05) is 12.1 Å². The molecule has 0 bridgehead atoms. The maximum Gasteiger partial charge on any atom is 0.00795 e. The Morgan fingerprint density at radius 3 is 2.64 bits per heavy atom. The molecule has 2 rings (SSSR count). The fraction of sp³-hybridized carbons (Fsp3) is 1.00. The van der Waals surface area contributed by atoms with Crippen molar-refractivity contribution in [3.8, 4) is 0 Å². The van der Waals surface area contributed by atoms with Gasteiger partial charge in [0.25, 0.3) is 0 Å². The lowest BCUT2D eigenvalue weighted by atomic mass is 10.0. The highest BCUT2D eigenvalue weighted by Gasteiger charge is 2.25. The highest BCUT2D eigenvalue weighted by atomic mass is 15.0. The molecule has 0 aromatic heterocycles. The first-order valence-electron chi connectivity index (χ1n) is 6.22. The molecule has 2 fully saturated rings. The van der Waals surface area contributed by atoms with Crippen molar-refractivity contribution < 1.29 is 0 Å². The lowest BCUT2D eigenvalue weighted by molar-refractivity contribution is 0.399. The summed E-state index contributed by atoms with van der Waals surface area (Å²) in [6.07, 6.45) is 5.58. The van der Waals surface area contributed by atoms with Crippen LogP contribution in [0.5, 0.6) is 0 Å². The molecule has 1 saturated carbocycles. The van der Waals surface area contributed by atoms with E-state index in [0.29, 0.717) is 0 Å². The van der Waals surface area contributed by atoms with Crippen molar-refractivity contribution in [1.82, 2.24) is 10.6 Å². The van der Waals surface area contributed by atoms with E-state index in [1.807, 2.05) is 0 Å². The molecule has 1 aliphatic carbocycles. The zero-order chi connectivity index (χ0) is 9.97. The maximum atomic E-state index is 3.74. The van der Waals surface area contributed by atoms with Crippen LogP contribution in [0.25, 0.3) is 0 Å². The van der Waals surface area contributed by atoms with Gasteiger partial charge < -0.3 is 10.6 Å². The molecule has 0 spiro atoms. The highest BCUT2D eigenvalue weighted by Crippen LogP contribution is 2.25. The van der Waals surface area contributed by atoms with E-state index in [0.717, 1.165) is 23.9 Å². The van der Waals surface area contributed by atoms with Crippen molar-refractivity contribution in [1.29, 1.82) is 0 Å². The second kappa shape index (κ2) is 4.63. The normalized spacial score (nSPS) is 43.3. The standard InChI is InChI=1S/C12H24N2/c1-9-3-4-12(7-9)14-8-11-5-6-13-10(11)2/h9-14H,3-8H2,1-2H3. The third kappa shape index (κ3) is 2.48. The summed E-state index contributed by atoms with van der Waals surface area (Å²) in [5.74, 6) is 1.82. The van der Waals surface area contributed by atoms with E-state index in [-0.39, 0.29) is 0 Å². The molecule has 2 heteroatoms. The minimum Gasteiger partial charge on any atom is -0.314 e. The van der Waals surface area contributed by atoms with Gasteiger partial charge in [-0.3, -0.25) is 0 Å². The predicted molar refractivity (Wildman–Crippen MR) is 60.4 cm³/mol. The van der Waals surface area contributed by atoms with E-state index >= 15 is 0 Å². The first-order valence-corrected chi connectivity index (χ1v) is 6.22. The number of rotatable bonds is 3. The van der Waals surface area contributed by atoms with Crippen LogP contribution in [-0.4, -0.2) is 25.2 Å². The van der Waals surface area contributed by atoms with Crippen molar-refractivity contribution in [3.63, 3.8) is 0 Å². The lowest BCUT2D eigenvalue weighted by Crippen LogP contribution is -2.35. The summed E-state index contributed by atoms with van der Waals surface area (Å²) in [5, 5.41) is 7.26. The van der Waals surface area contributed by atoms with Crippen LogP contribution in [0.3, 0.4) is 0 Å². The van der Waals surface area contributed by atoms with E-state index in [2.05, 4.69) is 24.5 Å². The lowest BCUT2D eigenvalue weighted by Gasteiger charge is -2.19. The van der Waals surface area contributed by atoms with Crippen LogP contribution in [-0.2, 0) is 0 Å². The van der Waals surface area contributed by atoms with Gasteiger partial charge in [-0.2, -0.15) is 0 Å². The molecule has 4 unspecified atom stereocenters. The van der Waals surface area contributed by atoms with E-state index in [4.69, 9.17) is 0 Å². The fourth-order valence-electron chi connectivity index (χ4n) is 2.90. The van der Waals surface area contributed by atoms with Gasteiger partial charge >= 0.3 is 0 Å². The van der Waals surface area contributed by atoms with E-state index < -0.39 is 0 Å². The molecule has 2 nitrogen and oxygen atoms in total. The van der Waals surface area contributed by atoms with Crippen LogP contribution in [0.4, 0.5) is 0 Å². The van der Waals surface area contributed by atoms with Crippen molar-refractivity contribution in [2.24, 2.45) is 11.8 Å². The van der Waals surface area contributed by atoms with Crippen LogP contribution in [0, 0.1) is 11.8 Å².